The summed E-state index contributed by atoms with van der Waals surface area (Å²) in [6.07, 6.45) is 4.82. The number of allylic oxidation sites excluding steroid dienone is 1. The molecule has 11 heteroatoms. The van der Waals surface area contributed by atoms with Crippen molar-refractivity contribution < 1.29 is 29.0 Å². The van der Waals surface area contributed by atoms with Crippen molar-refractivity contribution in [2.45, 2.75) is 56.7 Å². The van der Waals surface area contributed by atoms with E-state index in [1.54, 1.807) is 16.9 Å². The van der Waals surface area contributed by atoms with Crippen LogP contribution in [0.4, 0.5) is 0 Å². The molecule has 9 nitrogen and oxygen atoms in total. The van der Waals surface area contributed by atoms with Gasteiger partial charge in [0.25, 0.3) is 0 Å². The van der Waals surface area contributed by atoms with E-state index in [1.807, 2.05) is 36.4 Å². The second kappa shape index (κ2) is 14.8. The lowest BCUT2D eigenvalue weighted by Crippen LogP contribution is -2.55. The van der Waals surface area contributed by atoms with Gasteiger partial charge in [0.2, 0.25) is 17.7 Å². The van der Waals surface area contributed by atoms with Crippen LogP contribution in [0, 0.1) is 0 Å². The van der Waals surface area contributed by atoms with Gasteiger partial charge in [-0.25, -0.2) is 4.79 Å². The number of fused-ring (bicyclic) bond motifs is 7. The number of nitrogens with one attached hydrogen (secondary N) is 3. The van der Waals surface area contributed by atoms with Crippen LogP contribution in [0.1, 0.15) is 37.7 Å². The van der Waals surface area contributed by atoms with Gasteiger partial charge in [-0.15, -0.1) is 0 Å². The van der Waals surface area contributed by atoms with Crippen LogP contribution in [-0.2, 0) is 35.4 Å². The third kappa shape index (κ3) is 9.95. The maximum absolute atomic E-state index is 13.3. The summed E-state index contributed by atoms with van der Waals surface area (Å²) < 4.78 is 0. The minimum Gasteiger partial charge on any atom is -0.354 e. The topological polar surface area (TPSA) is 123 Å². The zero-order chi connectivity index (χ0) is 24.9. The van der Waals surface area contributed by atoms with Crippen LogP contribution in [0.3, 0.4) is 0 Å². The van der Waals surface area contributed by atoms with E-state index in [2.05, 4.69) is 16.0 Å². The Morgan fingerprint density at radius 2 is 1.80 bits per heavy atom. The smallest absolute Gasteiger partial charge is 0.342 e. The molecule has 2 bridgehead atoms. The lowest BCUT2D eigenvalue weighted by molar-refractivity contribution is -0.288. The zero-order valence-corrected chi connectivity index (χ0v) is 21.0. The van der Waals surface area contributed by atoms with Gasteiger partial charge in [-0.05, 0) is 24.8 Å². The van der Waals surface area contributed by atoms with Crippen molar-refractivity contribution in [3.8, 4) is 0 Å². The van der Waals surface area contributed by atoms with Crippen molar-refractivity contribution in [1.29, 1.82) is 0 Å². The first-order valence-corrected chi connectivity index (χ1v) is 14.2. The average molecular weight is 522 g/mol. The molecule has 0 aromatic heterocycles. The lowest BCUT2D eigenvalue weighted by Gasteiger charge is -2.23. The molecule has 0 unspecified atom stereocenters. The first kappa shape index (κ1) is 27.1. The summed E-state index contributed by atoms with van der Waals surface area (Å²) in [6, 6.07) is 7.67. The minimum atomic E-state index is -0.897. The predicted molar refractivity (Wildman–Crippen MR) is 135 cm³/mol. The summed E-state index contributed by atoms with van der Waals surface area (Å²) >= 11 is 0. The highest BCUT2D eigenvalue weighted by Gasteiger charge is 2.28. The number of rotatable bonds is 2. The molecular weight excluding hydrogens is 490 g/mol. The summed E-state index contributed by atoms with van der Waals surface area (Å²) in [5.74, 6) is -0.559. The van der Waals surface area contributed by atoms with Crippen LogP contribution >= 0.6 is 21.6 Å². The van der Waals surface area contributed by atoms with Gasteiger partial charge in [-0.2, -0.15) is 4.89 Å². The van der Waals surface area contributed by atoms with Gasteiger partial charge in [-0.3, -0.25) is 19.3 Å². The Hall–Kier alpha value is -2.50. The molecule has 3 N–H and O–H groups in total. The maximum atomic E-state index is 13.3. The number of amides is 3. The molecule has 2 aliphatic rings. The average Bonchev–Trinajstić information content (AvgIpc) is 2.84. The van der Waals surface area contributed by atoms with Gasteiger partial charge >= 0.3 is 5.97 Å². The maximum Gasteiger partial charge on any atom is 0.342 e. The van der Waals surface area contributed by atoms with E-state index in [9.17, 15) is 19.2 Å². The third-order valence-corrected chi connectivity index (χ3v) is 7.81. The van der Waals surface area contributed by atoms with Gasteiger partial charge in [0, 0.05) is 30.9 Å². The normalized spacial score (nSPS) is 25.9. The molecule has 0 aliphatic carbocycles. The molecule has 0 spiro atoms. The van der Waals surface area contributed by atoms with E-state index in [0.29, 0.717) is 31.6 Å². The summed E-state index contributed by atoms with van der Waals surface area (Å²) in [7, 11) is 3.10. The molecule has 0 radical (unpaired) electrons. The molecule has 1 aromatic carbocycles. The molecule has 35 heavy (non-hydrogen) atoms. The molecule has 3 atom stereocenters. The van der Waals surface area contributed by atoms with Crippen LogP contribution in [0.15, 0.2) is 42.5 Å². The SMILES string of the molecule is O=C1C[C@H]2C=CCCSSC[C@@H](NC(=O)[C@@H](Cc3ccccc3)N1)C(=O)NCCCCC(=O)OO2. The van der Waals surface area contributed by atoms with E-state index < -0.39 is 36.0 Å². The van der Waals surface area contributed by atoms with Crippen LogP contribution in [0.5, 0.6) is 0 Å². The largest absolute Gasteiger partial charge is 0.354 e. The van der Waals surface area contributed by atoms with Crippen molar-refractivity contribution >= 4 is 45.3 Å². The second-order valence-corrected chi connectivity index (χ2v) is 10.9. The molecule has 2 heterocycles. The van der Waals surface area contributed by atoms with E-state index >= 15 is 0 Å². The highest BCUT2D eigenvalue weighted by atomic mass is 33.1. The van der Waals surface area contributed by atoms with E-state index in [0.717, 1.165) is 11.3 Å². The van der Waals surface area contributed by atoms with Crippen LogP contribution in [0.25, 0.3) is 0 Å². The Morgan fingerprint density at radius 3 is 2.63 bits per heavy atom. The van der Waals surface area contributed by atoms with Crippen LogP contribution < -0.4 is 16.0 Å². The van der Waals surface area contributed by atoms with E-state index in [1.165, 1.54) is 10.8 Å². The molecule has 190 valence electrons. The number of carbonyl (C=O) groups is 4. The first-order chi connectivity index (χ1) is 17.0. The van der Waals surface area contributed by atoms with Crippen molar-refractivity contribution in [2.24, 2.45) is 0 Å². The molecule has 1 saturated heterocycles. The molecular formula is C24H31N3O6S2. The Balaban J connectivity index is 1.87. The fourth-order valence-electron chi connectivity index (χ4n) is 3.51. The number of hydrogen-bond acceptors (Lipinski definition) is 8. The molecule has 0 saturated carbocycles. The number of carbonyl (C=O) groups excluding carboxylic acids is 4. The van der Waals surface area contributed by atoms with Crippen molar-refractivity contribution in [3.63, 3.8) is 0 Å². The van der Waals surface area contributed by atoms with Crippen molar-refractivity contribution in [2.75, 3.05) is 18.1 Å². The summed E-state index contributed by atoms with van der Waals surface area (Å²) in [6.45, 7) is 0.368. The Bertz CT molecular complexity index is 899. The van der Waals surface area contributed by atoms with Crippen molar-refractivity contribution in [3.05, 3.63) is 48.0 Å². The van der Waals surface area contributed by atoms with Crippen LogP contribution in [0.2, 0.25) is 0 Å². The summed E-state index contributed by atoms with van der Waals surface area (Å²) in [5, 5.41) is 8.44. The van der Waals surface area contributed by atoms with Crippen LogP contribution in [-0.4, -0.2) is 59.9 Å². The van der Waals surface area contributed by atoms with Gasteiger partial charge in [0.05, 0.1) is 6.42 Å². The highest BCUT2D eigenvalue weighted by Crippen LogP contribution is 2.23. The lowest BCUT2D eigenvalue weighted by atomic mass is 10.0. The third-order valence-electron chi connectivity index (χ3n) is 5.36. The monoisotopic (exact) mass is 521 g/mol. The quantitative estimate of drug-likeness (QED) is 0.307. The standard InChI is InChI=1S/C24H31N3O6S2/c28-21-15-18-10-5-7-13-34-35-16-20(23(30)25-12-6-4-11-22(29)33-32-18)27-24(31)19(26-21)14-17-8-2-1-3-9-17/h1-3,5,8-10,18-20H,4,6-7,11-16H2,(H,25,30)(H,26,28)(H,27,31)/t18-,19-,20-/m1/s1. The van der Waals surface area contributed by atoms with E-state index in [-0.39, 0.29) is 25.2 Å². The molecule has 3 amide bonds. The highest BCUT2D eigenvalue weighted by molar-refractivity contribution is 8.76. The fraction of sp³-hybridized carbons (Fsp3) is 0.500. The summed E-state index contributed by atoms with van der Waals surface area (Å²) in [4.78, 5) is 61.3. The molecule has 1 fully saturated rings. The second-order valence-electron chi connectivity index (χ2n) is 8.24. The minimum absolute atomic E-state index is 0.129. The molecule has 3 rings (SSSR count). The van der Waals surface area contributed by atoms with E-state index in [4.69, 9.17) is 9.78 Å². The number of hydrogen-bond donors (Lipinski definition) is 3. The fourth-order valence-corrected chi connectivity index (χ4v) is 5.67. The number of benzene rings is 1. The molecule has 1 aromatic rings. The Kier molecular flexibility index (Phi) is 11.5. The predicted octanol–water partition coefficient (Wildman–Crippen LogP) is 2.07. The molecule has 2 aliphatic heterocycles. The zero-order valence-electron chi connectivity index (χ0n) is 19.4. The van der Waals surface area contributed by atoms with Gasteiger partial charge in [0.15, 0.2) is 0 Å². The van der Waals surface area contributed by atoms with Gasteiger partial charge in [0.1, 0.15) is 18.2 Å². The summed E-state index contributed by atoms with van der Waals surface area (Å²) in [5.41, 5.74) is 0.865. The van der Waals surface area contributed by atoms with Gasteiger partial charge in [-0.1, -0.05) is 64.1 Å². The Labute approximate surface area is 212 Å². The Morgan fingerprint density at radius 1 is 0.971 bits per heavy atom. The van der Waals surface area contributed by atoms with Crippen molar-refractivity contribution in [1.82, 2.24) is 16.0 Å². The van der Waals surface area contributed by atoms with Gasteiger partial charge < -0.3 is 16.0 Å². The first-order valence-electron chi connectivity index (χ1n) is 11.7.